The van der Waals surface area contributed by atoms with Crippen LogP contribution in [0.4, 0.5) is 32.5 Å². The SMILES string of the molecule is CC(=O)c1c(C)c2cnc(Nc3ccc(N4CCC(N5CCC(F)(CCc6cccc7c(N8CCC(=O)NC8=O)nn(C)c67)CC5)CC4)cn3)nc2n(C2CCCC2)c1=O. The number of hydrogen-bond donors (Lipinski definition) is 2. The van der Waals surface area contributed by atoms with Gasteiger partial charge < -0.3 is 15.1 Å². The molecule has 4 aromatic heterocycles. The predicted molar refractivity (Wildman–Crippen MR) is 228 cm³/mol. The van der Waals surface area contributed by atoms with E-state index in [-0.39, 0.29) is 41.8 Å². The second-order valence-electron chi connectivity index (χ2n) is 17.0. The zero-order valence-electron chi connectivity index (χ0n) is 34.5. The highest BCUT2D eigenvalue weighted by Crippen LogP contribution is 2.37. The number of piperidine rings is 2. The number of nitrogens with zero attached hydrogens (tertiary/aromatic N) is 9. The first-order valence-electron chi connectivity index (χ1n) is 21.4. The van der Waals surface area contributed by atoms with E-state index in [9.17, 15) is 19.2 Å². The highest BCUT2D eigenvalue weighted by molar-refractivity contribution is 6.09. The molecule has 1 saturated carbocycles. The Hall–Kier alpha value is -5.77. The van der Waals surface area contributed by atoms with Gasteiger partial charge in [-0.3, -0.25) is 33.8 Å². The molecule has 4 aliphatic rings. The molecule has 16 heteroatoms. The number of carbonyl (C=O) groups excluding carboxylic acids is 3. The summed E-state index contributed by atoms with van der Waals surface area (Å²) in [6.07, 6.45) is 11.6. The largest absolute Gasteiger partial charge is 0.370 e. The van der Waals surface area contributed by atoms with Crippen molar-refractivity contribution in [3.63, 3.8) is 0 Å². The van der Waals surface area contributed by atoms with Crippen LogP contribution >= 0.6 is 0 Å². The van der Waals surface area contributed by atoms with Crippen LogP contribution in [0, 0.1) is 6.92 Å². The molecule has 4 fully saturated rings. The number of aromatic nitrogens is 6. The number of ketones is 1. The van der Waals surface area contributed by atoms with E-state index < -0.39 is 11.7 Å². The quantitative estimate of drug-likeness (QED) is 0.152. The maximum Gasteiger partial charge on any atom is 0.329 e. The van der Waals surface area contributed by atoms with Gasteiger partial charge in [0.2, 0.25) is 11.9 Å². The van der Waals surface area contributed by atoms with Crippen molar-refractivity contribution >= 4 is 62.9 Å². The Morgan fingerprint density at radius 1 is 0.933 bits per heavy atom. The Labute approximate surface area is 347 Å². The van der Waals surface area contributed by atoms with Crippen molar-refractivity contribution in [2.24, 2.45) is 7.05 Å². The molecule has 7 heterocycles. The molecule has 0 bridgehead atoms. The lowest BCUT2D eigenvalue weighted by atomic mass is 9.86. The van der Waals surface area contributed by atoms with Crippen LogP contribution in [0.15, 0.2) is 47.5 Å². The molecule has 1 aliphatic carbocycles. The average molecular weight is 818 g/mol. The van der Waals surface area contributed by atoms with Crippen LogP contribution in [0.25, 0.3) is 21.9 Å². The molecule has 2 N–H and O–H groups in total. The highest BCUT2D eigenvalue weighted by atomic mass is 19.1. The first-order chi connectivity index (χ1) is 29.0. The maximum atomic E-state index is 16.4. The van der Waals surface area contributed by atoms with Crippen molar-refractivity contribution in [3.8, 4) is 0 Å². The number of urea groups is 1. The first-order valence-corrected chi connectivity index (χ1v) is 21.4. The number of Topliss-reactive ketones (excluding diaryl/α,β-unsaturated/α-hetero) is 1. The monoisotopic (exact) mass is 817 g/mol. The fourth-order valence-corrected chi connectivity index (χ4v) is 10.0. The van der Waals surface area contributed by atoms with E-state index >= 15 is 4.39 Å². The Morgan fingerprint density at radius 2 is 1.70 bits per heavy atom. The summed E-state index contributed by atoms with van der Waals surface area (Å²) in [5.74, 6) is 0.914. The van der Waals surface area contributed by atoms with Gasteiger partial charge in [-0.25, -0.2) is 19.2 Å². The number of amides is 3. The van der Waals surface area contributed by atoms with E-state index in [1.54, 1.807) is 22.4 Å². The van der Waals surface area contributed by atoms with Gasteiger partial charge in [0.05, 0.1) is 23.0 Å². The van der Waals surface area contributed by atoms with Gasteiger partial charge in [0, 0.05) is 75.2 Å². The minimum absolute atomic E-state index is 0.00472. The van der Waals surface area contributed by atoms with Crippen molar-refractivity contribution in [2.45, 2.75) is 102 Å². The van der Waals surface area contributed by atoms with Crippen LogP contribution in [0.3, 0.4) is 0 Å². The van der Waals surface area contributed by atoms with Crippen LogP contribution in [-0.2, 0) is 18.3 Å². The fourth-order valence-electron chi connectivity index (χ4n) is 10.0. The number of hydrogen-bond acceptors (Lipinski definition) is 11. The maximum absolute atomic E-state index is 16.4. The lowest BCUT2D eigenvalue weighted by Crippen LogP contribution is -2.50. The highest BCUT2D eigenvalue weighted by Gasteiger charge is 2.38. The fraction of sp³-hybridized carbons (Fsp3) is 0.500. The summed E-state index contributed by atoms with van der Waals surface area (Å²) >= 11 is 0. The van der Waals surface area contributed by atoms with Gasteiger partial charge in [0.1, 0.15) is 17.1 Å². The molecule has 15 nitrogen and oxygen atoms in total. The summed E-state index contributed by atoms with van der Waals surface area (Å²) in [6.45, 7) is 6.74. The summed E-state index contributed by atoms with van der Waals surface area (Å²) < 4.78 is 19.8. The molecular weight excluding hydrogens is 766 g/mol. The van der Waals surface area contributed by atoms with Gasteiger partial charge >= 0.3 is 6.03 Å². The van der Waals surface area contributed by atoms with Gasteiger partial charge in [-0.1, -0.05) is 25.0 Å². The van der Waals surface area contributed by atoms with Crippen LogP contribution in [-0.4, -0.2) is 96.4 Å². The summed E-state index contributed by atoms with van der Waals surface area (Å²) in [6, 6.07) is 9.78. The summed E-state index contributed by atoms with van der Waals surface area (Å²) in [4.78, 5) is 70.7. The number of aryl methyl sites for hydroxylation is 3. The molecule has 60 heavy (non-hydrogen) atoms. The summed E-state index contributed by atoms with van der Waals surface area (Å²) in [7, 11) is 1.84. The van der Waals surface area contributed by atoms with E-state index in [0.29, 0.717) is 65.9 Å². The second kappa shape index (κ2) is 16.0. The minimum atomic E-state index is -1.25. The normalized spacial score (nSPS) is 19.4. The average Bonchev–Trinajstić information content (AvgIpc) is 3.89. The molecule has 3 saturated heterocycles. The molecule has 0 unspecified atom stereocenters. The molecule has 3 aliphatic heterocycles. The van der Waals surface area contributed by atoms with Crippen LogP contribution < -0.4 is 26.0 Å². The molecule has 314 valence electrons. The van der Waals surface area contributed by atoms with Crippen molar-refractivity contribution in [3.05, 3.63) is 69.8 Å². The van der Waals surface area contributed by atoms with Crippen LogP contribution in [0.1, 0.15) is 98.7 Å². The number of imide groups is 1. The minimum Gasteiger partial charge on any atom is -0.370 e. The Morgan fingerprint density at radius 3 is 2.40 bits per heavy atom. The Balaban J connectivity index is 0.788. The lowest BCUT2D eigenvalue weighted by molar-refractivity contribution is -0.120. The third-order valence-corrected chi connectivity index (χ3v) is 13.4. The zero-order chi connectivity index (χ0) is 41.7. The molecule has 0 spiro atoms. The lowest BCUT2D eigenvalue weighted by Gasteiger charge is -2.44. The molecule has 9 rings (SSSR count). The van der Waals surface area contributed by atoms with E-state index in [4.69, 9.17) is 4.98 Å². The van der Waals surface area contributed by atoms with E-state index in [0.717, 1.165) is 86.9 Å². The van der Waals surface area contributed by atoms with Gasteiger partial charge in [0.15, 0.2) is 11.6 Å². The van der Waals surface area contributed by atoms with Gasteiger partial charge in [0.25, 0.3) is 5.56 Å². The Kier molecular flexibility index (Phi) is 10.6. The summed E-state index contributed by atoms with van der Waals surface area (Å²) in [5.41, 5.74) is 2.76. The summed E-state index contributed by atoms with van der Waals surface area (Å²) in [5, 5.41) is 11.8. The van der Waals surface area contributed by atoms with Crippen LogP contribution in [0.2, 0.25) is 0 Å². The van der Waals surface area contributed by atoms with Gasteiger partial charge in [-0.05, 0) is 94.5 Å². The number of likely N-dealkylation sites (tertiary alicyclic amines) is 1. The molecule has 3 amide bonds. The molecule has 0 radical (unpaired) electrons. The Bertz CT molecular complexity index is 2530. The molecule has 0 atom stereocenters. The number of halogens is 1. The number of para-hydroxylation sites is 1. The number of fused-ring (bicyclic) bond motifs is 2. The second-order valence-corrected chi connectivity index (χ2v) is 17.0. The third kappa shape index (κ3) is 7.50. The van der Waals surface area contributed by atoms with Crippen molar-refractivity contribution in [1.29, 1.82) is 0 Å². The number of carbonyl (C=O) groups is 3. The topological polar surface area (TPSA) is 163 Å². The zero-order valence-corrected chi connectivity index (χ0v) is 34.5. The number of alkyl halides is 1. The van der Waals surface area contributed by atoms with Crippen molar-refractivity contribution < 1.29 is 18.8 Å². The number of anilines is 4. The van der Waals surface area contributed by atoms with E-state index in [2.05, 4.69) is 35.5 Å². The molecule has 5 aromatic rings. The van der Waals surface area contributed by atoms with E-state index in [1.165, 1.54) is 11.8 Å². The smallest absolute Gasteiger partial charge is 0.329 e. The number of benzene rings is 1. The number of pyridine rings is 2. The molecule has 1 aromatic carbocycles. The van der Waals surface area contributed by atoms with Crippen molar-refractivity contribution in [1.82, 2.24) is 39.5 Å². The number of rotatable bonds is 10. The standard InChI is InChI=1S/C44H52FN11O4/c1-27-34-26-47-42(50-39(34)56(31-8-4-5-9-31)41(59)37(27)28(2)57)48-35-12-11-32(25-46-35)53-20-14-30(15-21-53)54-23-18-44(45,19-24-54)17-13-29-7-6-10-33-38(29)52(3)51-40(33)55-22-16-36(58)49-43(55)60/h6-7,10-12,25-26,30-31H,4-5,8-9,13-24H2,1-3H3,(H,49,58,60)(H,46,47,48,50). The first kappa shape index (κ1) is 39.7. The van der Waals surface area contributed by atoms with Crippen molar-refractivity contribution in [2.75, 3.05) is 47.8 Å². The van der Waals surface area contributed by atoms with Gasteiger partial charge in [-0.2, -0.15) is 10.1 Å². The predicted octanol–water partition coefficient (Wildman–Crippen LogP) is 6.29. The third-order valence-electron chi connectivity index (χ3n) is 13.4. The van der Waals surface area contributed by atoms with Crippen LogP contribution in [0.5, 0.6) is 0 Å². The van der Waals surface area contributed by atoms with Gasteiger partial charge in [-0.15, -0.1) is 0 Å². The van der Waals surface area contributed by atoms with E-state index in [1.807, 2.05) is 43.6 Å². The molecular formula is C44H52FN11O4. The number of nitrogens with one attached hydrogen (secondary N) is 2.